The molecule has 5 aromatic rings. The first-order valence-electron chi connectivity index (χ1n) is 10.9. The number of nitrogens with one attached hydrogen (secondary N) is 1. The molecule has 0 saturated carbocycles. The number of carbonyl (C=O) groups is 1. The maximum Gasteiger partial charge on any atom is 0.234 e. The Kier molecular flexibility index (Phi) is 6.67. The lowest BCUT2D eigenvalue weighted by Gasteiger charge is -2.11. The van der Waals surface area contributed by atoms with E-state index < -0.39 is 0 Å². The van der Waals surface area contributed by atoms with Crippen molar-refractivity contribution in [3.8, 4) is 17.1 Å². The van der Waals surface area contributed by atoms with Gasteiger partial charge in [0, 0.05) is 29.3 Å². The molecule has 3 aromatic carbocycles. The molecule has 2 heterocycles. The first kappa shape index (κ1) is 22.5. The Labute approximate surface area is 205 Å². The van der Waals surface area contributed by atoms with E-state index in [1.165, 1.54) is 23.9 Å². The number of anilines is 1. The minimum absolute atomic E-state index is 0.151. The first-order valence-corrected chi connectivity index (χ1v) is 11.9. The fourth-order valence-electron chi connectivity index (χ4n) is 3.61. The third kappa shape index (κ3) is 5.47. The van der Waals surface area contributed by atoms with Gasteiger partial charge >= 0.3 is 0 Å². The third-order valence-corrected chi connectivity index (χ3v) is 6.13. The summed E-state index contributed by atoms with van der Waals surface area (Å²) in [5.74, 6) is 0.250. The lowest BCUT2D eigenvalue weighted by atomic mass is 10.2. The molecular weight excluding hydrogens is 463 g/mol. The fraction of sp³-hybridized carbons (Fsp3) is 0.0769. The number of amides is 1. The molecule has 1 amide bonds. The van der Waals surface area contributed by atoms with Crippen LogP contribution in [0.3, 0.4) is 0 Å². The number of rotatable bonds is 8. The smallest absolute Gasteiger partial charge is 0.234 e. The molecule has 0 saturated heterocycles. The minimum atomic E-state index is -0.320. The van der Waals surface area contributed by atoms with Crippen LogP contribution in [0.4, 0.5) is 10.1 Å². The van der Waals surface area contributed by atoms with Crippen molar-refractivity contribution in [2.24, 2.45) is 0 Å². The largest absolute Gasteiger partial charge is 0.325 e. The molecule has 0 aliphatic rings. The van der Waals surface area contributed by atoms with E-state index >= 15 is 0 Å². The zero-order valence-corrected chi connectivity index (χ0v) is 19.4. The van der Waals surface area contributed by atoms with Crippen molar-refractivity contribution >= 4 is 23.4 Å². The van der Waals surface area contributed by atoms with Crippen LogP contribution < -0.4 is 5.32 Å². The highest BCUT2D eigenvalue weighted by Gasteiger charge is 2.17. The van der Waals surface area contributed by atoms with Crippen molar-refractivity contribution in [3.63, 3.8) is 0 Å². The van der Waals surface area contributed by atoms with Gasteiger partial charge in [-0.2, -0.15) is 5.10 Å². The molecule has 0 fully saturated rings. The summed E-state index contributed by atoms with van der Waals surface area (Å²) >= 11 is 1.28. The maximum atomic E-state index is 13.4. The standard InChI is InChI=1S/C26H21FN6OS/c27-21-12-10-20(11-13-21)25-30-31-26(33(25)23-8-2-1-3-9-23)35-18-24(34)29-22-7-4-6-19(16-22)17-32-15-5-14-28-32/h1-16H,17-18H2,(H,29,34). The van der Waals surface area contributed by atoms with Gasteiger partial charge in [-0.15, -0.1) is 10.2 Å². The lowest BCUT2D eigenvalue weighted by Crippen LogP contribution is -2.15. The summed E-state index contributed by atoms with van der Waals surface area (Å²) in [6.45, 7) is 0.623. The van der Waals surface area contributed by atoms with E-state index in [9.17, 15) is 9.18 Å². The summed E-state index contributed by atoms with van der Waals surface area (Å²) in [6, 6.07) is 25.3. The van der Waals surface area contributed by atoms with Crippen molar-refractivity contribution in [2.45, 2.75) is 11.7 Å². The zero-order chi connectivity index (χ0) is 24.0. The maximum absolute atomic E-state index is 13.4. The highest BCUT2D eigenvalue weighted by Crippen LogP contribution is 2.28. The van der Waals surface area contributed by atoms with E-state index in [1.807, 2.05) is 76.1 Å². The van der Waals surface area contributed by atoms with E-state index in [1.54, 1.807) is 18.3 Å². The molecule has 1 N–H and O–H groups in total. The van der Waals surface area contributed by atoms with Gasteiger partial charge in [-0.05, 0) is 60.2 Å². The number of nitrogens with zero attached hydrogens (tertiary/aromatic N) is 5. The predicted octanol–water partition coefficient (Wildman–Crippen LogP) is 5.05. The van der Waals surface area contributed by atoms with Gasteiger partial charge in [0.2, 0.25) is 5.91 Å². The molecular formula is C26H21FN6OS. The number of benzene rings is 3. The number of thioether (sulfide) groups is 1. The van der Waals surface area contributed by atoms with Crippen LogP contribution in [0.5, 0.6) is 0 Å². The van der Waals surface area contributed by atoms with Gasteiger partial charge < -0.3 is 5.32 Å². The molecule has 0 spiro atoms. The van der Waals surface area contributed by atoms with Crippen LogP contribution >= 0.6 is 11.8 Å². The van der Waals surface area contributed by atoms with E-state index in [2.05, 4.69) is 20.6 Å². The number of halogens is 1. The van der Waals surface area contributed by atoms with E-state index in [-0.39, 0.29) is 17.5 Å². The highest BCUT2D eigenvalue weighted by molar-refractivity contribution is 7.99. The van der Waals surface area contributed by atoms with Gasteiger partial charge in [0.1, 0.15) is 5.82 Å². The summed E-state index contributed by atoms with van der Waals surface area (Å²) in [5.41, 5.74) is 3.34. The lowest BCUT2D eigenvalue weighted by molar-refractivity contribution is -0.113. The van der Waals surface area contributed by atoms with Crippen LogP contribution in [0, 0.1) is 5.82 Å². The summed E-state index contributed by atoms with van der Waals surface area (Å²) in [5, 5.41) is 16.4. The average Bonchev–Trinajstić information content (AvgIpc) is 3.54. The van der Waals surface area contributed by atoms with Gasteiger partial charge in [-0.3, -0.25) is 14.0 Å². The first-order chi connectivity index (χ1) is 17.2. The van der Waals surface area contributed by atoms with Gasteiger partial charge in [0.25, 0.3) is 0 Å². The van der Waals surface area contributed by atoms with Crippen LogP contribution in [-0.2, 0) is 11.3 Å². The number of para-hydroxylation sites is 1. The normalized spacial score (nSPS) is 10.9. The van der Waals surface area contributed by atoms with Crippen LogP contribution in [0.1, 0.15) is 5.56 Å². The SMILES string of the molecule is O=C(CSc1nnc(-c2ccc(F)cc2)n1-c1ccccc1)Nc1cccc(Cn2cccn2)c1. The molecule has 0 aliphatic heterocycles. The number of hydrogen-bond donors (Lipinski definition) is 1. The van der Waals surface area contributed by atoms with Gasteiger partial charge in [-0.25, -0.2) is 4.39 Å². The summed E-state index contributed by atoms with van der Waals surface area (Å²) in [4.78, 5) is 12.7. The molecule has 0 radical (unpaired) electrons. The van der Waals surface area contributed by atoms with Crippen molar-refractivity contribution < 1.29 is 9.18 Å². The predicted molar refractivity (Wildman–Crippen MR) is 134 cm³/mol. The Bertz CT molecular complexity index is 1420. The monoisotopic (exact) mass is 484 g/mol. The number of hydrogen-bond acceptors (Lipinski definition) is 5. The quantitative estimate of drug-likeness (QED) is 0.312. The molecule has 174 valence electrons. The molecule has 0 atom stereocenters. The second-order valence-corrected chi connectivity index (χ2v) is 8.67. The average molecular weight is 485 g/mol. The van der Waals surface area contributed by atoms with E-state index in [0.717, 1.165) is 22.5 Å². The fourth-order valence-corrected chi connectivity index (χ4v) is 4.37. The molecule has 35 heavy (non-hydrogen) atoms. The van der Waals surface area contributed by atoms with Crippen molar-refractivity contribution in [2.75, 3.05) is 11.1 Å². The Morgan fingerprint density at radius 2 is 1.77 bits per heavy atom. The Balaban J connectivity index is 1.31. The van der Waals surface area contributed by atoms with Crippen LogP contribution in [0.15, 0.2) is 102 Å². The Morgan fingerprint density at radius 3 is 2.54 bits per heavy atom. The molecule has 9 heteroatoms. The number of aromatic nitrogens is 5. The number of carbonyl (C=O) groups excluding carboxylic acids is 1. The molecule has 5 rings (SSSR count). The van der Waals surface area contributed by atoms with Crippen molar-refractivity contribution in [1.82, 2.24) is 24.5 Å². The summed E-state index contributed by atoms with van der Waals surface area (Å²) < 4.78 is 17.1. The second kappa shape index (κ2) is 10.4. The van der Waals surface area contributed by atoms with Crippen LogP contribution in [0.2, 0.25) is 0 Å². The Morgan fingerprint density at radius 1 is 0.943 bits per heavy atom. The second-order valence-electron chi connectivity index (χ2n) is 7.72. The summed E-state index contributed by atoms with van der Waals surface area (Å²) in [6.07, 6.45) is 3.63. The third-order valence-electron chi connectivity index (χ3n) is 5.20. The molecule has 7 nitrogen and oxygen atoms in total. The van der Waals surface area contributed by atoms with Crippen molar-refractivity contribution in [3.05, 3.63) is 109 Å². The van der Waals surface area contributed by atoms with Crippen LogP contribution in [0.25, 0.3) is 17.1 Å². The topological polar surface area (TPSA) is 77.6 Å². The van der Waals surface area contributed by atoms with Gasteiger partial charge in [-0.1, -0.05) is 42.1 Å². The van der Waals surface area contributed by atoms with Gasteiger partial charge in [0.05, 0.1) is 12.3 Å². The van der Waals surface area contributed by atoms with Gasteiger partial charge in [0.15, 0.2) is 11.0 Å². The molecule has 0 aliphatic carbocycles. The van der Waals surface area contributed by atoms with Crippen molar-refractivity contribution in [1.29, 1.82) is 0 Å². The van der Waals surface area contributed by atoms with E-state index in [4.69, 9.17) is 0 Å². The zero-order valence-electron chi connectivity index (χ0n) is 18.6. The molecule has 2 aromatic heterocycles. The van der Waals surface area contributed by atoms with E-state index in [0.29, 0.717) is 17.5 Å². The summed E-state index contributed by atoms with van der Waals surface area (Å²) in [7, 11) is 0. The highest BCUT2D eigenvalue weighted by atomic mass is 32.2. The minimum Gasteiger partial charge on any atom is -0.325 e. The molecule has 0 bridgehead atoms. The van der Waals surface area contributed by atoms with Crippen LogP contribution in [-0.4, -0.2) is 36.2 Å². The Hall–Kier alpha value is -4.24. The molecule has 0 unspecified atom stereocenters.